The number of aromatic nitrogens is 1. The number of benzene rings is 1. The van der Waals surface area contributed by atoms with E-state index in [1.54, 1.807) is 24.2 Å². The third-order valence-electron chi connectivity index (χ3n) is 2.71. The van der Waals surface area contributed by atoms with E-state index in [0.29, 0.717) is 5.69 Å². The third-order valence-corrected chi connectivity index (χ3v) is 3.81. The standard InChI is InChI=1S/C14H12N2OS/c15-12-5-6-13(11-4-1-7-16-14(11)12)18-9-10-3-2-8-17-10/h1-8H,9,15H2. The van der Waals surface area contributed by atoms with Gasteiger partial charge in [0.1, 0.15) is 5.76 Å². The van der Waals surface area contributed by atoms with Gasteiger partial charge in [-0.2, -0.15) is 0 Å². The van der Waals surface area contributed by atoms with Crippen molar-refractivity contribution in [2.45, 2.75) is 10.6 Å². The summed E-state index contributed by atoms with van der Waals surface area (Å²) in [6.07, 6.45) is 3.46. The molecule has 2 N–H and O–H groups in total. The number of furan rings is 1. The van der Waals surface area contributed by atoms with E-state index < -0.39 is 0 Å². The summed E-state index contributed by atoms with van der Waals surface area (Å²) in [6, 6.07) is 11.8. The van der Waals surface area contributed by atoms with Gasteiger partial charge in [-0.3, -0.25) is 4.98 Å². The quantitative estimate of drug-likeness (QED) is 0.573. The minimum absolute atomic E-state index is 0.716. The minimum atomic E-state index is 0.716. The van der Waals surface area contributed by atoms with E-state index in [2.05, 4.69) is 4.98 Å². The molecule has 0 spiro atoms. The van der Waals surface area contributed by atoms with Crippen LogP contribution in [0.5, 0.6) is 0 Å². The van der Waals surface area contributed by atoms with Crippen molar-refractivity contribution in [3.8, 4) is 0 Å². The van der Waals surface area contributed by atoms with Crippen LogP contribution in [0.25, 0.3) is 10.9 Å². The molecule has 3 nitrogen and oxygen atoms in total. The van der Waals surface area contributed by atoms with Crippen molar-refractivity contribution in [1.82, 2.24) is 4.98 Å². The molecule has 0 aliphatic carbocycles. The van der Waals surface area contributed by atoms with Crippen LogP contribution >= 0.6 is 11.8 Å². The molecule has 0 atom stereocenters. The topological polar surface area (TPSA) is 52.0 Å². The largest absolute Gasteiger partial charge is 0.468 e. The Morgan fingerprint density at radius 1 is 1.17 bits per heavy atom. The van der Waals surface area contributed by atoms with E-state index in [9.17, 15) is 0 Å². The molecule has 0 saturated heterocycles. The Kier molecular flexibility index (Phi) is 2.94. The van der Waals surface area contributed by atoms with E-state index in [1.165, 1.54) is 4.90 Å². The zero-order chi connectivity index (χ0) is 12.4. The zero-order valence-electron chi connectivity index (χ0n) is 9.67. The van der Waals surface area contributed by atoms with Crippen molar-refractivity contribution >= 4 is 28.4 Å². The second-order valence-electron chi connectivity index (χ2n) is 3.92. The second-order valence-corrected chi connectivity index (χ2v) is 4.94. The lowest BCUT2D eigenvalue weighted by Gasteiger charge is -2.06. The van der Waals surface area contributed by atoms with Gasteiger partial charge >= 0.3 is 0 Å². The lowest BCUT2D eigenvalue weighted by molar-refractivity contribution is 0.530. The molecule has 4 heteroatoms. The molecule has 2 aromatic heterocycles. The predicted molar refractivity (Wildman–Crippen MR) is 74.4 cm³/mol. The summed E-state index contributed by atoms with van der Waals surface area (Å²) in [4.78, 5) is 5.49. The van der Waals surface area contributed by atoms with E-state index in [4.69, 9.17) is 10.2 Å². The van der Waals surface area contributed by atoms with Crippen molar-refractivity contribution in [2.75, 3.05) is 5.73 Å². The number of anilines is 1. The number of hydrogen-bond acceptors (Lipinski definition) is 4. The lowest BCUT2D eigenvalue weighted by Crippen LogP contribution is -1.90. The monoisotopic (exact) mass is 256 g/mol. The van der Waals surface area contributed by atoms with Crippen molar-refractivity contribution in [2.24, 2.45) is 0 Å². The first-order valence-electron chi connectivity index (χ1n) is 5.63. The van der Waals surface area contributed by atoms with Gasteiger partial charge in [0.25, 0.3) is 0 Å². The maximum absolute atomic E-state index is 5.93. The van der Waals surface area contributed by atoms with Crippen molar-refractivity contribution < 1.29 is 4.42 Å². The molecule has 0 unspecified atom stereocenters. The van der Waals surface area contributed by atoms with Crippen molar-refractivity contribution in [3.05, 3.63) is 54.6 Å². The van der Waals surface area contributed by atoms with E-state index in [-0.39, 0.29) is 0 Å². The molecule has 0 aliphatic heterocycles. The highest BCUT2D eigenvalue weighted by Gasteiger charge is 2.06. The number of fused-ring (bicyclic) bond motifs is 1. The van der Waals surface area contributed by atoms with Crippen LogP contribution in [0, 0.1) is 0 Å². The van der Waals surface area contributed by atoms with Gasteiger partial charge in [-0.15, -0.1) is 11.8 Å². The van der Waals surface area contributed by atoms with Crippen LogP contribution in [0.2, 0.25) is 0 Å². The molecule has 1 aromatic carbocycles. The summed E-state index contributed by atoms with van der Waals surface area (Å²) in [6.45, 7) is 0. The normalized spacial score (nSPS) is 10.9. The third kappa shape index (κ3) is 2.07. The number of nitrogens with two attached hydrogens (primary N) is 1. The fourth-order valence-corrected chi connectivity index (χ4v) is 2.78. The van der Waals surface area contributed by atoms with E-state index in [1.807, 2.05) is 36.4 Å². The second kappa shape index (κ2) is 4.74. The highest BCUT2D eigenvalue weighted by molar-refractivity contribution is 7.98. The Hall–Kier alpha value is -1.94. The first kappa shape index (κ1) is 11.2. The summed E-state index contributed by atoms with van der Waals surface area (Å²) in [5, 5.41) is 1.09. The Balaban J connectivity index is 1.94. The number of nitrogen functional groups attached to an aromatic ring is 1. The first-order valence-corrected chi connectivity index (χ1v) is 6.61. The molecule has 2 heterocycles. The van der Waals surface area contributed by atoms with Gasteiger partial charge in [-0.25, -0.2) is 0 Å². The number of thioether (sulfide) groups is 1. The molecule has 18 heavy (non-hydrogen) atoms. The maximum atomic E-state index is 5.93. The van der Waals surface area contributed by atoms with Gasteiger partial charge in [0.05, 0.1) is 23.2 Å². The molecule has 3 aromatic rings. The summed E-state index contributed by atoms with van der Waals surface area (Å²) < 4.78 is 5.33. The lowest BCUT2D eigenvalue weighted by atomic mass is 10.2. The molecule has 0 bridgehead atoms. The molecular weight excluding hydrogens is 244 g/mol. The van der Waals surface area contributed by atoms with Crippen LogP contribution in [0.4, 0.5) is 5.69 Å². The Morgan fingerprint density at radius 3 is 2.94 bits per heavy atom. The molecule has 0 fully saturated rings. The molecule has 0 radical (unpaired) electrons. The van der Waals surface area contributed by atoms with Crippen LogP contribution in [-0.4, -0.2) is 4.98 Å². The van der Waals surface area contributed by atoms with Gasteiger partial charge in [0.15, 0.2) is 0 Å². The smallest absolute Gasteiger partial charge is 0.113 e. The fraction of sp³-hybridized carbons (Fsp3) is 0.0714. The SMILES string of the molecule is Nc1ccc(SCc2ccco2)c2cccnc12. The number of hydrogen-bond donors (Lipinski definition) is 1. The zero-order valence-corrected chi connectivity index (χ0v) is 10.5. The average molecular weight is 256 g/mol. The van der Waals surface area contributed by atoms with E-state index >= 15 is 0 Å². The average Bonchev–Trinajstić information content (AvgIpc) is 2.92. The molecular formula is C14H12N2OS. The summed E-state index contributed by atoms with van der Waals surface area (Å²) in [7, 11) is 0. The Labute approximate surface area is 109 Å². The summed E-state index contributed by atoms with van der Waals surface area (Å²) in [5.41, 5.74) is 7.50. The molecule has 3 rings (SSSR count). The molecule has 0 aliphatic rings. The van der Waals surface area contributed by atoms with Crippen LogP contribution in [-0.2, 0) is 5.75 Å². The first-order chi connectivity index (χ1) is 8.84. The minimum Gasteiger partial charge on any atom is -0.468 e. The van der Waals surface area contributed by atoms with Gasteiger partial charge < -0.3 is 10.2 Å². The Bertz CT molecular complexity index is 665. The van der Waals surface area contributed by atoms with Gasteiger partial charge in [0.2, 0.25) is 0 Å². The van der Waals surface area contributed by atoms with Gasteiger partial charge in [-0.1, -0.05) is 6.07 Å². The molecule has 0 amide bonds. The van der Waals surface area contributed by atoms with Crippen molar-refractivity contribution in [3.63, 3.8) is 0 Å². The summed E-state index contributed by atoms with van der Waals surface area (Å²) >= 11 is 1.73. The van der Waals surface area contributed by atoms with Crippen LogP contribution < -0.4 is 5.73 Å². The highest BCUT2D eigenvalue weighted by Crippen LogP contribution is 2.32. The number of nitrogens with zero attached hydrogens (tertiary/aromatic N) is 1. The van der Waals surface area contributed by atoms with Crippen molar-refractivity contribution in [1.29, 1.82) is 0 Å². The van der Waals surface area contributed by atoms with Crippen LogP contribution in [0.15, 0.2) is 58.2 Å². The highest BCUT2D eigenvalue weighted by atomic mass is 32.2. The van der Waals surface area contributed by atoms with Gasteiger partial charge in [-0.05, 0) is 30.3 Å². The molecule has 90 valence electrons. The predicted octanol–water partition coefficient (Wildman–Crippen LogP) is 3.70. The van der Waals surface area contributed by atoms with Crippen LogP contribution in [0.1, 0.15) is 5.76 Å². The maximum Gasteiger partial charge on any atom is 0.113 e. The molecule has 0 saturated carbocycles. The Morgan fingerprint density at radius 2 is 2.11 bits per heavy atom. The fourth-order valence-electron chi connectivity index (χ4n) is 1.84. The van der Waals surface area contributed by atoms with E-state index in [0.717, 1.165) is 22.4 Å². The summed E-state index contributed by atoms with van der Waals surface area (Å²) in [5.74, 6) is 1.77. The van der Waals surface area contributed by atoms with Gasteiger partial charge in [0, 0.05) is 16.5 Å². The van der Waals surface area contributed by atoms with Crippen LogP contribution in [0.3, 0.4) is 0 Å². The number of rotatable bonds is 3. The number of pyridine rings is 1.